The average Bonchev–Trinajstić information content (AvgIpc) is 2.87. The van der Waals surface area contributed by atoms with Gasteiger partial charge in [-0.2, -0.15) is 0 Å². The largest absolute Gasteiger partial charge is 0.349 e. The summed E-state index contributed by atoms with van der Waals surface area (Å²) < 4.78 is 16.9. The first-order valence-corrected chi connectivity index (χ1v) is 8.32. The van der Waals surface area contributed by atoms with E-state index in [4.69, 9.17) is 0 Å². The van der Waals surface area contributed by atoms with Crippen LogP contribution in [0, 0.1) is 5.82 Å². The van der Waals surface area contributed by atoms with Crippen molar-refractivity contribution in [1.82, 2.24) is 9.88 Å². The van der Waals surface area contributed by atoms with Gasteiger partial charge in [-0.05, 0) is 55.1 Å². The first-order chi connectivity index (χ1) is 10.2. The minimum atomic E-state index is -0.145. The molecule has 0 fully saturated rings. The minimum Gasteiger partial charge on any atom is -0.349 e. The summed E-state index contributed by atoms with van der Waals surface area (Å²) in [7, 11) is 0. The van der Waals surface area contributed by atoms with Crippen LogP contribution in [0.3, 0.4) is 0 Å². The Bertz CT molecular complexity index is 636. The molecular formula is C17H20BrFN2. The standard InChI is InChI=1S/C17H20BrFN2/c1-2-20-17-5-3-4-12-9-21(11-15(12)17)10-13-8-14(18)6-7-16(13)19/h6-9,11,17,20H,2-5,10H2,1H3. The molecule has 2 aromatic rings. The van der Waals surface area contributed by atoms with Gasteiger partial charge in [-0.15, -0.1) is 0 Å². The van der Waals surface area contributed by atoms with Crippen molar-refractivity contribution < 1.29 is 4.39 Å². The van der Waals surface area contributed by atoms with Crippen LogP contribution in [0.1, 0.15) is 42.5 Å². The highest BCUT2D eigenvalue weighted by Gasteiger charge is 2.21. The molecule has 1 heterocycles. The number of nitrogens with zero attached hydrogens (tertiary/aromatic N) is 1. The molecule has 4 heteroatoms. The summed E-state index contributed by atoms with van der Waals surface area (Å²) in [5.41, 5.74) is 3.51. The van der Waals surface area contributed by atoms with E-state index in [0.29, 0.717) is 12.6 Å². The second kappa shape index (κ2) is 6.32. The lowest BCUT2D eigenvalue weighted by Crippen LogP contribution is -2.23. The molecule has 1 atom stereocenters. The van der Waals surface area contributed by atoms with E-state index in [-0.39, 0.29) is 5.82 Å². The topological polar surface area (TPSA) is 17.0 Å². The van der Waals surface area contributed by atoms with Crippen molar-refractivity contribution in [2.24, 2.45) is 0 Å². The highest BCUT2D eigenvalue weighted by atomic mass is 79.9. The molecule has 0 bridgehead atoms. The van der Waals surface area contributed by atoms with E-state index in [0.717, 1.165) is 23.0 Å². The lowest BCUT2D eigenvalue weighted by molar-refractivity contribution is 0.473. The zero-order valence-corrected chi connectivity index (χ0v) is 13.8. The van der Waals surface area contributed by atoms with Gasteiger partial charge in [-0.1, -0.05) is 22.9 Å². The van der Waals surface area contributed by atoms with Crippen LogP contribution in [0.2, 0.25) is 0 Å². The van der Waals surface area contributed by atoms with Gasteiger partial charge in [-0.25, -0.2) is 4.39 Å². The number of benzene rings is 1. The van der Waals surface area contributed by atoms with E-state index in [1.165, 1.54) is 30.0 Å². The first kappa shape index (κ1) is 14.8. The summed E-state index contributed by atoms with van der Waals surface area (Å²) in [4.78, 5) is 0. The molecule has 1 aromatic heterocycles. The molecular weight excluding hydrogens is 331 g/mol. The Hall–Kier alpha value is -1.13. The van der Waals surface area contributed by atoms with E-state index in [1.54, 1.807) is 6.07 Å². The monoisotopic (exact) mass is 350 g/mol. The van der Waals surface area contributed by atoms with Gasteiger partial charge in [0.15, 0.2) is 0 Å². The van der Waals surface area contributed by atoms with Crippen molar-refractivity contribution in [3.63, 3.8) is 0 Å². The van der Waals surface area contributed by atoms with Crippen molar-refractivity contribution in [1.29, 1.82) is 0 Å². The summed E-state index contributed by atoms with van der Waals surface area (Å²) in [5.74, 6) is -0.145. The summed E-state index contributed by atoms with van der Waals surface area (Å²) >= 11 is 3.41. The van der Waals surface area contributed by atoms with E-state index in [1.807, 2.05) is 6.07 Å². The summed E-state index contributed by atoms with van der Waals surface area (Å²) in [5, 5.41) is 3.54. The third kappa shape index (κ3) is 3.22. The van der Waals surface area contributed by atoms with Gasteiger partial charge in [0.1, 0.15) is 5.82 Å². The average molecular weight is 351 g/mol. The number of aromatic nitrogens is 1. The predicted molar refractivity (Wildman–Crippen MR) is 87.0 cm³/mol. The lowest BCUT2D eigenvalue weighted by Gasteiger charge is -2.22. The predicted octanol–water partition coefficient (Wildman–Crippen LogP) is 4.42. The van der Waals surface area contributed by atoms with E-state index >= 15 is 0 Å². The van der Waals surface area contributed by atoms with Crippen LogP contribution in [0.25, 0.3) is 0 Å². The number of hydrogen-bond donors (Lipinski definition) is 1. The maximum atomic E-state index is 13.9. The number of aryl methyl sites for hydroxylation is 1. The second-order valence-electron chi connectivity index (χ2n) is 5.65. The van der Waals surface area contributed by atoms with E-state index < -0.39 is 0 Å². The Balaban J connectivity index is 1.86. The molecule has 1 N–H and O–H groups in total. The molecule has 0 aliphatic heterocycles. The summed E-state index contributed by atoms with van der Waals surface area (Å²) in [6, 6.07) is 5.56. The highest BCUT2D eigenvalue weighted by Crippen LogP contribution is 2.31. The molecule has 3 rings (SSSR count). The molecule has 0 amide bonds. The van der Waals surface area contributed by atoms with Gasteiger partial charge in [-0.3, -0.25) is 0 Å². The fourth-order valence-corrected chi connectivity index (χ4v) is 3.57. The molecule has 0 spiro atoms. The third-order valence-electron chi connectivity index (χ3n) is 4.12. The van der Waals surface area contributed by atoms with Gasteiger partial charge in [0.05, 0.1) is 0 Å². The van der Waals surface area contributed by atoms with E-state index in [2.05, 4.69) is 45.1 Å². The molecule has 0 saturated carbocycles. The van der Waals surface area contributed by atoms with Crippen LogP contribution in [0.5, 0.6) is 0 Å². The second-order valence-corrected chi connectivity index (χ2v) is 6.57. The fraction of sp³-hybridized carbons (Fsp3) is 0.412. The van der Waals surface area contributed by atoms with Crippen LogP contribution < -0.4 is 5.32 Å². The van der Waals surface area contributed by atoms with Gasteiger partial charge in [0.2, 0.25) is 0 Å². The Morgan fingerprint density at radius 3 is 3.05 bits per heavy atom. The van der Waals surface area contributed by atoms with Gasteiger partial charge in [0.25, 0.3) is 0 Å². The maximum Gasteiger partial charge on any atom is 0.128 e. The van der Waals surface area contributed by atoms with Gasteiger partial charge in [0, 0.05) is 35.0 Å². The molecule has 1 aromatic carbocycles. The molecule has 0 saturated heterocycles. The van der Waals surface area contributed by atoms with Crippen LogP contribution in [-0.2, 0) is 13.0 Å². The Morgan fingerprint density at radius 2 is 2.24 bits per heavy atom. The van der Waals surface area contributed by atoms with Crippen LogP contribution in [0.15, 0.2) is 35.1 Å². The summed E-state index contributed by atoms with van der Waals surface area (Å²) in [6.45, 7) is 3.70. The van der Waals surface area contributed by atoms with Crippen molar-refractivity contribution in [3.8, 4) is 0 Å². The Labute approximate surface area is 133 Å². The molecule has 2 nitrogen and oxygen atoms in total. The molecule has 1 unspecified atom stereocenters. The molecule has 112 valence electrons. The molecule has 1 aliphatic rings. The number of rotatable bonds is 4. The molecule has 1 aliphatic carbocycles. The summed E-state index contributed by atoms with van der Waals surface area (Å²) in [6.07, 6.45) is 7.91. The maximum absolute atomic E-state index is 13.9. The number of hydrogen-bond acceptors (Lipinski definition) is 1. The number of nitrogens with one attached hydrogen (secondary N) is 1. The molecule has 0 radical (unpaired) electrons. The van der Waals surface area contributed by atoms with Gasteiger partial charge < -0.3 is 9.88 Å². The fourth-order valence-electron chi connectivity index (χ4n) is 3.16. The Morgan fingerprint density at radius 1 is 1.38 bits per heavy atom. The highest BCUT2D eigenvalue weighted by molar-refractivity contribution is 9.10. The van der Waals surface area contributed by atoms with Crippen molar-refractivity contribution >= 4 is 15.9 Å². The van der Waals surface area contributed by atoms with Crippen LogP contribution in [-0.4, -0.2) is 11.1 Å². The normalized spacial score (nSPS) is 17.8. The third-order valence-corrected chi connectivity index (χ3v) is 4.62. The van der Waals surface area contributed by atoms with Gasteiger partial charge >= 0.3 is 0 Å². The minimum absolute atomic E-state index is 0.145. The van der Waals surface area contributed by atoms with Crippen molar-refractivity contribution in [2.75, 3.05) is 6.54 Å². The first-order valence-electron chi connectivity index (χ1n) is 7.53. The smallest absolute Gasteiger partial charge is 0.128 e. The number of fused-ring (bicyclic) bond motifs is 1. The lowest BCUT2D eigenvalue weighted by atomic mass is 9.91. The Kier molecular flexibility index (Phi) is 4.45. The molecule has 21 heavy (non-hydrogen) atoms. The zero-order chi connectivity index (χ0) is 14.8. The van der Waals surface area contributed by atoms with Crippen molar-refractivity contribution in [3.05, 3.63) is 57.6 Å². The quantitative estimate of drug-likeness (QED) is 0.863. The van der Waals surface area contributed by atoms with Crippen LogP contribution >= 0.6 is 15.9 Å². The van der Waals surface area contributed by atoms with E-state index in [9.17, 15) is 4.39 Å². The van der Waals surface area contributed by atoms with Crippen molar-refractivity contribution in [2.45, 2.75) is 38.8 Å². The SMILES string of the molecule is CCNC1CCCc2cn(Cc3cc(Br)ccc3F)cc21. The zero-order valence-electron chi connectivity index (χ0n) is 12.2. The van der Waals surface area contributed by atoms with Crippen LogP contribution in [0.4, 0.5) is 4.39 Å². The number of halogens is 2.